The van der Waals surface area contributed by atoms with Gasteiger partial charge in [0.1, 0.15) is 12.3 Å². The fourth-order valence-corrected chi connectivity index (χ4v) is 3.38. The van der Waals surface area contributed by atoms with Crippen molar-refractivity contribution in [2.24, 2.45) is 0 Å². The molecule has 0 radical (unpaired) electrons. The Morgan fingerprint density at radius 3 is 2.31 bits per heavy atom. The summed E-state index contributed by atoms with van der Waals surface area (Å²) in [7, 11) is 0. The normalized spacial score (nSPS) is 10.8. The van der Waals surface area contributed by atoms with Crippen LogP contribution in [0, 0.1) is 13.8 Å². The zero-order valence-electron chi connectivity index (χ0n) is 19.2. The molecule has 2 aromatic carbocycles. The molecule has 168 valence electrons. The lowest BCUT2D eigenvalue weighted by molar-refractivity contribution is -0.133. The summed E-state index contributed by atoms with van der Waals surface area (Å²) in [6.07, 6.45) is 1.60. The number of urea groups is 1. The second kappa shape index (κ2) is 10.7. The smallest absolute Gasteiger partial charge is 0.322 e. The van der Waals surface area contributed by atoms with Crippen LogP contribution in [0.4, 0.5) is 10.5 Å². The molecule has 3 rings (SSSR count). The maximum absolute atomic E-state index is 13.3. The summed E-state index contributed by atoms with van der Waals surface area (Å²) in [6.45, 7) is 8.59. The molecule has 6 nitrogen and oxygen atoms in total. The number of benzene rings is 2. The minimum absolute atomic E-state index is 0.0259. The molecule has 0 bridgehead atoms. The summed E-state index contributed by atoms with van der Waals surface area (Å²) < 4.78 is 5.46. The molecule has 1 aromatic heterocycles. The van der Waals surface area contributed by atoms with Crippen molar-refractivity contribution in [3.8, 4) is 0 Å². The van der Waals surface area contributed by atoms with Gasteiger partial charge in [0.25, 0.3) is 0 Å². The number of hydrogen-bond donors (Lipinski definition) is 1. The maximum atomic E-state index is 13.3. The number of nitrogens with one attached hydrogen (secondary N) is 1. The third-order valence-corrected chi connectivity index (χ3v) is 5.44. The Bertz CT molecular complexity index is 1030. The molecule has 1 N–H and O–H groups in total. The van der Waals surface area contributed by atoms with Gasteiger partial charge in [0.05, 0.1) is 12.8 Å². The Balaban J connectivity index is 1.74. The molecule has 32 heavy (non-hydrogen) atoms. The Morgan fingerprint density at radius 2 is 1.69 bits per heavy atom. The van der Waals surface area contributed by atoms with Crippen molar-refractivity contribution >= 4 is 17.6 Å². The second-order valence-corrected chi connectivity index (χ2v) is 8.27. The summed E-state index contributed by atoms with van der Waals surface area (Å²) >= 11 is 0. The average Bonchev–Trinajstić information content (AvgIpc) is 3.27. The molecule has 1 heterocycles. The minimum Gasteiger partial charge on any atom is -0.467 e. The molecule has 0 fully saturated rings. The number of rotatable bonds is 8. The summed E-state index contributed by atoms with van der Waals surface area (Å²) in [5.74, 6) is 0.555. The van der Waals surface area contributed by atoms with E-state index >= 15 is 0 Å². The maximum Gasteiger partial charge on any atom is 0.322 e. The highest BCUT2D eigenvalue weighted by Gasteiger charge is 2.24. The summed E-state index contributed by atoms with van der Waals surface area (Å²) in [4.78, 5) is 29.6. The van der Waals surface area contributed by atoms with E-state index in [4.69, 9.17) is 4.42 Å². The van der Waals surface area contributed by atoms with Gasteiger partial charge in [-0.05, 0) is 68.7 Å². The van der Waals surface area contributed by atoms with Gasteiger partial charge >= 0.3 is 6.03 Å². The second-order valence-electron chi connectivity index (χ2n) is 8.27. The Morgan fingerprint density at radius 1 is 0.938 bits per heavy atom. The molecule has 0 atom stereocenters. The van der Waals surface area contributed by atoms with E-state index in [1.807, 2.05) is 82.3 Å². The van der Waals surface area contributed by atoms with Crippen LogP contribution in [0.5, 0.6) is 0 Å². The number of furan rings is 1. The van der Waals surface area contributed by atoms with Gasteiger partial charge in [-0.25, -0.2) is 4.79 Å². The molecule has 0 aliphatic carbocycles. The molecule has 0 saturated heterocycles. The van der Waals surface area contributed by atoms with E-state index in [1.165, 1.54) is 0 Å². The first-order valence-corrected chi connectivity index (χ1v) is 10.8. The fourth-order valence-electron chi connectivity index (χ4n) is 3.38. The van der Waals surface area contributed by atoms with Gasteiger partial charge in [-0.15, -0.1) is 0 Å². The molecular weight excluding hydrogens is 402 g/mol. The van der Waals surface area contributed by atoms with Crippen LogP contribution in [-0.2, 0) is 17.9 Å². The number of nitrogens with zero attached hydrogens (tertiary/aromatic N) is 2. The molecule has 0 unspecified atom stereocenters. The Labute approximate surface area is 189 Å². The highest BCUT2D eigenvalue weighted by atomic mass is 16.3. The molecule has 6 heteroatoms. The van der Waals surface area contributed by atoms with Crippen LogP contribution in [0.1, 0.15) is 36.3 Å². The van der Waals surface area contributed by atoms with E-state index in [0.717, 1.165) is 16.7 Å². The molecule has 3 aromatic rings. The van der Waals surface area contributed by atoms with Crippen molar-refractivity contribution in [1.82, 2.24) is 9.80 Å². The van der Waals surface area contributed by atoms with Crippen LogP contribution >= 0.6 is 0 Å². The van der Waals surface area contributed by atoms with E-state index in [0.29, 0.717) is 24.5 Å². The predicted octanol–water partition coefficient (Wildman–Crippen LogP) is 5.37. The summed E-state index contributed by atoms with van der Waals surface area (Å²) in [5.41, 5.74) is 3.99. The molecular formula is C26H31N3O3. The molecule has 0 spiro atoms. The Kier molecular flexibility index (Phi) is 7.71. The highest BCUT2D eigenvalue weighted by molar-refractivity contribution is 5.92. The average molecular weight is 434 g/mol. The number of carbonyl (C=O) groups excluding carboxylic acids is 2. The largest absolute Gasteiger partial charge is 0.467 e. The van der Waals surface area contributed by atoms with Gasteiger partial charge in [-0.3, -0.25) is 4.79 Å². The lowest BCUT2D eigenvalue weighted by atomic mass is 10.1. The number of anilines is 1. The van der Waals surface area contributed by atoms with Crippen LogP contribution in [-0.4, -0.2) is 34.3 Å². The van der Waals surface area contributed by atoms with Crippen molar-refractivity contribution in [3.05, 3.63) is 89.4 Å². The van der Waals surface area contributed by atoms with Crippen molar-refractivity contribution < 1.29 is 14.0 Å². The quantitative estimate of drug-likeness (QED) is 0.519. The van der Waals surface area contributed by atoms with Crippen molar-refractivity contribution in [2.75, 3.05) is 11.9 Å². The molecule has 0 aliphatic heterocycles. The number of hydrogen-bond acceptors (Lipinski definition) is 3. The van der Waals surface area contributed by atoms with Crippen LogP contribution < -0.4 is 5.32 Å². The third kappa shape index (κ3) is 6.23. The van der Waals surface area contributed by atoms with Crippen molar-refractivity contribution in [3.63, 3.8) is 0 Å². The van der Waals surface area contributed by atoms with Gasteiger partial charge < -0.3 is 19.5 Å². The highest BCUT2D eigenvalue weighted by Crippen LogP contribution is 2.16. The summed E-state index contributed by atoms with van der Waals surface area (Å²) in [6, 6.07) is 18.8. The number of carbonyl (C=O) groups is 2. The molecule has 0 saturated carbocycles. The zero-order valence-corrected chi connectivity index (χ0v) is 19.2. The van der Waals surface area contributed by atoms with Gasteiger partial charge in [0.2, 0.25) is 5.91 Å². The first kappa shape index (κ1) is 23.1. The summed E-state index contributed by atoms with van der Waals surface area (Å²) in [5, 5.41) is 2.93. The fraction of sp³-hybridized carbons (Fsp3) is 0.308. The van der Waals surface area contributed by atoms with Crippen molar-refractivity contribution in [1.29, 1.82) is 0 Å². The van der Waals surface area contributed by atoms with E-state index in [9.17, 15) is 9.59 Å². The van der Waals surface area contributed by atoms with E-state index < -0.39 is 0 Å². The topological polar surface area (TPSA) is 65.8 Å². The van der Waals surface area contributed by atoms with Crippen LogP contribution in [0.2, 0.25) is 0 Å². The predicted molar refractivity (Wildman–Crippen MR) is 126 cm³/mol. The minimum atomic E-state index is -0.297. The van der Waals surface area contributed by atoms with E-state index in [1.54, 1.807) is 22.1 Å². The standard InChI is InChI=1S/C26H31N3O3/c1-19(2)29(26(31)27-23-13-12-20(3)21(4)15-23)18-25(30)28(17-24-11-8-14-32-24)16-22-9-6-5-7-10-22/h5-15,19H,16-18H2,1-4H3,(H,27,31). The van der Waals surface area contributed by atoms with Gasteiger partial charge in [0, 0.05) is 18.3 Å². The molecule has 3 amide bonds. The number of aryl methyl sites for hydroxylation is 2. The zero-order chi connectivity index (χ0) is 23.1. The Hall–Kier alpha value is -3.54. The molecule has 0 aliphatic rings. The third-order valence-electron chi connectivity index (χ3n) is 5.44. The monoisotopic (exact) mass is 433 g/mol. The van der Waals surface area contributed by atoms with Gasteiger partial charge in [-0.1, -0.05) is 36.4 Å². The first-order valence-electron chi connectivity index (χ1n) is 10.8. The van der Waals surface area contributed by atoms with Gasteiger partial charge in [0.15, 0.2) is 0 Å². The van der Waals surface area contributed by atoms with Crippen LogP contribution in [0.3, 0.4) is 0 Å². The lowest BCUT2D eigenvalue weighted by Gasteiger charge is -2.30. The van der Waals surface area contributed by atoms with Crippen LogP contribution in [0.25, 0.3) is 0 Å². The first-order chi connectivity index (χ1) is 15.3. The van der Waals surface area contributed by atoms with Crippen molar-refractivity contribution in [2.45, 2.75) is 46.8 Å². The van der Waals surface area contributed by atoms with E-state index in [2.05, 4.69) is 5.32 Å². The lowest BCUT2D eigenvalue weighted by Crippen LogP contribution is -2.47. The van der Waals surface area contributed by atoms with Crippen LogP contribution in [0.15, 0.2) is 71.3 Å². The number of amides is 3. The van der Waals surface area contributed by atoms with E-state index in [-0.39, 0.29) is 24.5 Å². The van der Waals surface area contributed by atoms with Gasteiger partial charge in [-0.2, -0.15) is 0 Å². The SMILES string of the molecule is Cc1ccc(NC(=O)N(CC(=O)N(Cc2ccccc2)Cc2ccco2)C(C)C)cc1C.